The first-order valence-electron chi connectivity index (χ1n) is 7.26. The molecule has 0 spiro atoms. The average molecular weight is 224 g/mol. The molecule has 1 unspecified atom stereocenters. The first kappa shape index (κ1) is 12.4. The third-order valence-corrected chi connectivity index (χ3v) is 4.72. The molecule has 2 fully saturated rings. The second-order valence-corrected chi connectivity index (χ2v) is 5.91. The van der Waals surface area contributed by atoms with Crippen molar-refractivity contribution in [3.63, 3.8) is 0 Å². The van der Waals surface area contributed by atoms with Gasteiger partial charge in [-0.3, -0.25) is 0 Å². The minimum Gasteiger partial charge on any atom is -0.325 e. The van der Waals surface area contributed by atoms with E-state index in [1.165, 1.54) is 70.9 Å². The molecule has 16 heavy (non-hydrogen) atoms. The molecule has 0 aromatic heterocycles. The molecule has 0 amide bonds. The lowest BCUT2D eigenvalue weighted by atomic mass is 9.75. The molecule has 1 saturated heterocycles. The van der Waals surface area contributed by atoms with Gasteiger partial charge in [0.1, 0.15) is 0 Å². The van der Waals surface area contributed by atoms with Crippen molar-refractivity contribution in [2.24, 2.45) is 5.73 Å². The van der Waals surface area contributed by atoms with Crippen molar-refractivity contribution in [3.8, 4) is 0 Å². The number of nitrogens with two attached hydrogens (primary N) is 1. The first-order chi connectivity index (χ1) is 7.73. The Kier molecular flexibility index (Phi) is 4.26. The molecule has 1 heterocycles. The Morgan fingerprint density at radius 1 is 1.19 bits per heavy atom. The van der Waals surface area contributed by atoms with Crippen LogP contribution < -0.4 is 5.73 Å². The topological polar surface area (TPSA) is 29.3 Å². The maximum atomic E-state index is 6.32. The molecule has 94 valence electrons. The summed E-state index contributed by atoms with van der Waals surface area (Å²) < 4.78 is 0. The van der Waals surface area contributed by atoms with Crippen molar-refractivity contribution in [3.05, 3.63) is 0 Å². The molecule has 2 nitrogen and oxygen atoms in total. The van der Waals surface area contributed by atoms with Gasteiger partial charge in [-0.2, -0.15) is 0 Å². The largest absolute Gasteiger partial charge is 0.325 e. The van der Waals surface area contributed by atoms with Crippen molar-refractivity contribution in [1.29, 1.82) is 0 Å². The van der Waals surface area contributed by atoms with Gasteiger partial charge < -0.3 is 10.6 Å². The van der Waals surface area contributed by atoms with Crippen LogP contribution in [0.2, 0.25) is 0 Å². The van der Waals surface area contributed by atoms with Crippen LogP contribution in [0, 0.1) is 0 Å². The summed E-state index contributed by atoms with van der Waals surface area (Å²) in [7, 11) is 0. The Hall–Kier alpha value is -0.0800. The van der Waals surface area contributed by atoms with Crippen LogP contribution in [0.25, 0.3) is 0 Å². The van der Waals surface area contributed by atoms with Crippen molar-refractivity contribution < 1.29 is 0 Å². The van der Waals surface area contributed by atoms with Crippen LogP contribution in [0.4, 0.5) is 0 Å². The number of hydrogen-bond donors (Lipinski definition) is 1. The van der Waals surface area contributed by atoms with Crippen molar-refractivity contribution >= 4 is 0 Å². The smallest absolute Gasteiger partial charge is 0.0166 e. The zero-order valence-corrected chi connectivity index (χ0v) is 10.9. The van der Waals surface area contributed by atoms with Crippen LogP contribution in [0.5, 0.6) is 0 Å². The minimum atomic E-state index is 0.213. The van der Waals surface area contributed by atoms with E-state index < -0.39 is 0 Å². The fourth-order valence-corrected chi connectivity index (χ4v) is 3.24. The molecule has 1 aliphatic heterocycles. The van der Waals surface area contributed by atoms with E-state index in [0.717, 1.165) is 6.04 Å². The number of hydrogen-bond acceptors (Lipinski definition) is 2. The van der Waals surface area contributed by atoms with Gasteiger partial charge in [0.05, 0.1) is 0 Å². The summed E-state index contributed by atoms with van der Waals surface area (Å²) in [6.07, 6.45) is 12.1. The normalized spacial score (nSPS) is 30.8. The number of likely N-dealkylation sites (tertiary alicyclic amines) is 1. The molecular weight excluding hydrogens is 196 g/mol. The standard InChI is InChI=1S/C14H28N2/c1-2-13-7-4-3-5-11-16(13)12-10-14(15)8-6-9-14/h13H,2-12,15H2,1H3. The summed E-state index contributed by atoms with van der Waals surface area (Å²) >= 11 is 0. The summed E-state index contributed by atoms with van der Waals surface area (Å²) in [4.78, 5) is 2.72. The predicted octanol–water partition coefficient (Wildman–Crippen LogP) is 2.91. The van der Waals surface area contributed by atoms with E-state index >= 15 is 0 Å². The Morgan fingerprint density at radius 3 is 2.62 bits per heavy atom. The number of rotatable bonds is 4. The number of nitrogens with zero attached hydrogens (tertiary/aromatic N) is 1. The van der Waals surface area contributed by atoms with Gasteiger partial charge in [0.25, 0.3) is 0 Å². The zero-order valence-electron chi connectivity index (χ0n) is 10.9. The van der Waals surface area contributed by atoms with Gasteiger partial charge in [0.2, 0.25) is 0 Å². The molecule has 1 atom stereocenters. The highest BCUT2D eigenvalue weighted by atomic mass is 15.2. The fourth-order valence-electron chi connectivity index (χ4n) is 3.24. The minimum absolute atomic E-state index is 0.213. The van der Waals surface area contributed by atoms with Crippen LogP contribution in [-0.2, 0) is 0 Å². The molecule has 2 rings (SSSR count). The SMILES string of the molecule is CCC1CCCCCN1CCC1(N)CCC1. The Bertz CT molecular complexity index is 211. The Labute approximate surface area is 101 Å². The summed E-state index contributed by atoms with van der Waals surface area (Å²) in [6, 6.07) is 0.839. The van der Waals surface area contributed by atoms with Gasteiger partial charge >= 0.3 is 0 Å². The molecule has 2 heteroatoms. The Balaban J connectivity index is 1.80. The van der Waals surface area contributed by atoms with E-state index in [4.69, 9.17) is 5.73 Å². The second kappa shape index (κ2) is 5.50. The first-order valence-corrected chi connectivity index (χ1v) is 7.26. The van der Waals surface area contributed by atoms with E-state index in [9.17, 15) is 0 Å². The predicted molar refractivity (Wildman–Crippen MR) is 69.5 cm³/mol. The van der Waals surface area contributed by atoms with Gasteiger partial charge in [-0.15, -0.1) is 0 Å². The van der Waals surface area contributed by atoms with Crippen LogP contribution >= 0.6 is 0 Å². The van der Waals surface area contributed by atoms with E-state index in [-0.39, 0.29) is 5.54 Å². The van der Waals surface area contributed by atoms with Crippen molar-refractivity contribution in [2.75, 3.05) is 13.1 Å². The van der Waals surface area contributed by atoms with Gasteiger partial charge in [-0.25, -0.2) is 0 Å². The molecule has 1 aliphatic carbocycles. The van der Waals surface area contributed by atoms with Crippen LogP contribution in [0.1, 0.15) is 64.7 Å². The molecule has 1 saturated carbocycles. The lowest BCUT2D eigenvalue weighted by Gasteiger charge is -2.40. The summed E-state index contributed by atoms with van der Waals surface area (Å²) in [5.41, 5.74) is 6.53. The summed E-state index contributed by atoms with van der Waals surface area (Å²) in [5, 5.41) is 0. The molecule has 2 N–H and O–H groups in total. The highest BCUT2D eigenvalue weighted by Gasteiger charge is 2.33. The molecular formula is C14H28N2. The van der Waals surface area contributed by atoms with E-state index in [0.29, 0.717) is 0 Å². The second-order valence-electron chi connectivity index (χ2n) is 5.91. The maximum absolute atomic E-state index is 6.32. The molecule has 0 bridgehead atoms. The molecule has 0 aromatic carbocycles. The quantitative estimate of drug-likeness (QED) is 0.795. The average Bonchev–Trinajstić information content (AvgIpc) is 2.48. The van der Waals surface area contributed by atoms with E-state index in [1.54, 1.807) is 0 Å². The third kappa shape index (κ3) is 2.98. The van der Waals surface area contributed by atoms with Crippen molar-refractivity contribution in [1.82, 2.24) is 4.90 Å². The van der Waals surface area contributed by atoms with Gasteiger partial charge in [0, 0.05) is 18.1 Å². The van der Waals surface area contributed by atoms with Gasteiger partial charge in [0.15, 0.2) is 0 Å². The molecule has 2 aliphatic rings. The highest BCUT2D eigenvalue weighted by molar-refractivity contribution is 4.93. The third-order valence-electron chi connectivity index (χ3n) is 4.72. The maximum Gasteiger partial charge on any atom is 0.0166 e. The van der Waals surface area contributed by atoms with Gasteiger partial charge in [-0.1, -0.05) is 19.8 Å². The van der Waals surface area contributed by atoms with E-state index in [1.807, 2.05) is 0 Å². The lowest BCUT2D eigenvalue weighted by Crippen LogP contribution is -2.49. The van der Waals surface area contributed by atoms with Crippen LogP contribution in [0.15, 0.2) is 0 Å². The highest BCUT2D eigenvalue weighted by Crippen LogP contribution is 2.33. The zero-order chi connectivity index (χ0) is 11.4. The van der Waals surface area contributed by atoms with Crippen LogP contribution in [-0.4, -0.2) is 29.6 Å². The van der Waals surface area contributed by atoms with Crippen molar-refractivity contribution in [2.45, 2.75) is 76.3 Å². The Morgan fingerprint density at radius 2 is 2.00 bits per heavy atom. The molecule has 0 radical (unpaired) electrons. The fraction of sp³-hybridized carbons (Fsp3) is 1.00. The summed E-state index contributed by atoms with van der Waals surface area (Å²) in [6.45, 7) is 4.90. The van der Waals surface area contributed by atoms with Gasteiger partial charge in [-0.05, 0) is 51.5 Å². The lowest BCUT2D eigenvalue weighted by molar-refractivity contribution is 0.146. The van der Waals surface area contributed by atoms with E-state index in [2.05, 4.69) is 11.8 Å². The molecule has 0 aromatic rings. The summed E-state index contributed by atoms with van der Waals surface area (Å²) in [5.74, 6) is 0. The van der Waals surface area contributed by atoms with Crippen LogP contribution in [0.3, 0.4) is 0 Å². The monoisotopic (exact) mass is 224 g/mol.